The van der Waals surface area contributed by atoms with Crippen LogP contribution >= 0.6 is 0 Å². The van der Waals surface area contributed by atoms with Crippen molar-refractivity contribution in [1.82, 2.24) is 0 Å². The maximum atomic E-state index is 5.53. The predicted octanol–water partition coefficient (Wildman–Crippen LogP) is 4.77. The Balaban J connectivity index is 3.92. The zero-order chi connectivity index (χ0) is 13.4. The molecule has 0 heterocycles. The minimum atomic E-state index is -0.476. The number of rotatable bonds is 10. The molecule has 0 amide bonds. The highest BCUT2D eigenvalue weighted by Gasteiger charge is 2.41. The summed E-state index contributed by atoms with van der Waals surface area (Å²) in [6.45, 7) is 8.74. The summed E-state index contributed by atoms with van der Waals surface area (Å²) in [6.07, 6.45) is 9.17. The fraction of sp³-hybridized carbons (Fsp3) is 1.00. The number of methoxy groups -OCH3 is 2. The maximum absolute atomic E-state index is 5.53. The van der Waals surface area contributed by atoms with Crippen LogP contribution in [-0.2, 0) is 9.47 Å². The Morgan fingerprint density at radius 1 is 0.765 bits per heavy atom. The largest absolute Gasteiger partial charge is 0.353 e. The maximum Gasteiger partial charge on any atom is 0.169 e. The lowest BCUT2D eigenvalue weighted by Crippen LogP contribution is -2.45. The van der Waals surface area contributed by atoms with E-state index in [1.165, 1.54) is 38.5 Å². The molecule has 104 valence electrons. The van der Waals surface area contributed by atoms with Crippen LogP contribution in [0.4, 0.5) is 0 Å². The Morgan fingerprint density at radius 2 is 1.24 bits per heavy atom. The normalized spacial score (nSPS) is 13.1. The van der Waals surface area contributed by atoms with E-state index in [-0.39, 0.29) is 5.41 Å². The van der Waals surface area contributed by atoms with Crippen LogP contribution in [-0.4, -0.2) is 20.0 Å². The van der Waals surface area contributed by atoms with Crippen molar-refractivity contribution >= 4 is 0 Å². The van der Waals surface area contributed by atoms with E-state index in [0.717, 1.165) is 6.42 Å². The van der Waals surface area contributed by atoms with Gasteiger partial charge in [0, 0.05) is 19.6 Å². The van der Waals surface area contributed by atoms with Crippen LogP contribution in [0.3, 0.4) is 0 Å². The number of hydrogen-bond donors (Lipinski definition) is 0. The van der Waals surface area contributed by atoms with E-state index < -0.39 is 5.79 Å². The first kappa shape index (κ1) is 16.9. The molecule has 0 aromatic heterocycles. The van der Waals surface area contributed by atoms with E-state index in [4.69, 9.17) is 9.47 Å². The zero-order valence-electron chi connectivity index (χ0n) is 12.8. The molecule has 0 saturated heterocycles. The summed E-state index contributed by atoms with van der Waals surface area (Å²) >= 11 is 0. The molecule has 0 aliphatic rings. The van der Waals surface area contributed by atoms with Gasteiger partial charge >= 0.3 is 0 Å². The molecule has 2 nitrogen and oxygen atoms in total. The van der Waals surface area contributed by atoms with Crippen LogP contribution in [0.5, 0.6) is 0 Å². The molecule has 2 heteroatoms. The van der Waals surface area contributed by atoms with Crippen molar-refractivity contribution in [2.45, 2.75) is 78.4 Å². The van der Waals surface area contributed by atoms with Gasteiger partial charge in [-0.05, 0) is 13.3 Å². The number of unbranched alkanes of at least 4 members (excludes halogenated alkanes) is 5. The summed E-state index contributed by atoms with van der Waals surface area (Å²) in [5, 5.41) is 0. The van der Waals surface area contributed by atoms with Gasteiger partial charge in [0.25, 0.3) is 0 Å². The molecule has 0 spiro atoms. The molecular weight excluding hydrogens is 212 g/mol. The Labute approximate surface area is 108 Å². The average molecular weight is 244 g/mol. The van der Waals surface area contributed by atoms with Crippen molar-refractivity contribution in [3.05, 3.63) is 0 Å². The summed E-state index contributed by atoms with van der Waals surface area (Å²) in [5.41, 5.74) is 0.0568. The molecule has 0 rings (SSSR count). The summed E-state index contributed by atoms with van der Waals surface area (Å²) in [6, 6.07) is 0. The van der Waals surface area contributed by atoms with Crippen LogP contribution in [0.15, 0.2) is 0 Å². The molecular formula is C15H32O2. The third-order valence-corrected chi connectivity index (χ3v) is 4.16. The van der Waals surface area contributed by atoms with Gasteiger partial charge < -0.3 is 9.47 Å². The van der Waals surface area contributed by atoms with Crippen molar-refractivity contribution in [3.63, 3.8) is 0 Å². The highest BCUT2D eigenvalue weighted by atomic mass is 16.7. The van der Waals surface area contributed by atoms with Gasteiger partial charge in [-0.1, -0.05) is 59.3 Å². The third-order valence-electron chi connectivity index (χ3n) is 4.16. The highest BCUT2D eigenvalue weighted by Crippen LogP contribution is 2.38. The second-order valence-corrected chi connectivity index (χ2v) is 5.76. The Kier molecular flexibility index (Phi) is 8.06. The molecule has 0 atom stereocenters. The van der Waals surface area contributed by atoms with Crippen molar-refractivity contribution in [2.75, 3.05) is 14.2 Å². The summed E-state index contributed by atoms with van der Waals surface area (Å²) in [7, 11) is 3.46. The first-order chi connectivity index (χ1) is 7.93. The van der Waals surface area contributed by atoms with Crippen molar-refractivity contribution < 1.29 is 9.47 Å². The van der Waals surface area contributed by atoms with Gasteiger partial charge in [0.15, 0.2) is 5.79 Å². The van der Waals surface area contributed by atoms with Gasteiger partial charge in [0.2, 0.25) is 0 Å². The van der Waals surface area contributed by atoms with Crippen LogP contribution in [0, 0.1) is 5.41 Å². The molecule has 0 N–H and O–H groups in total. The predicted molar refractivity (Wildman–Crippen MR) is 74.2 cm³/mol. The Hall–Kier alpha value is -0.0800. The van der Waals surface area contributed by atoms with Gasteiger partial charge in [-0.15, -0.1) is 0 Å². The van der Waals surface area contributed by atoms with Gasteiger partial charge in [-0.3, -0.25) is 0 Å². The second-order valence-electron chi connectivity index (χ2n) is 5.76. The van der Waals surface area contributed by atoms with Crippen LogP contribution in [0.25, 0.3) is 0 Å². The molecule has 0 fully saturated rings. The van der Waals surface area contributed by atoms with Crippen molar-refractivity contribution in [1.29, 1.82) is 0 Å². The monoisotopic (exact) mass is 244 g/mol. The van der Waals surface area contributed by atoms with Gasteiger partial charge in [-0.2, -0.15) is 0 Å². The molecule has 0 unspecified atom stereocenters. The lowest BCUT2D eigenvalue weighted by Gasteiger charge is -2.41. The lowest BCUT2D eigenvalue weighted by atomic mass is 9.79. The van der Waals surface area contributed by atoms with E-state index in [1.54, 1.807) is 14.2 Å². The fourth-order valence-corrected chi connectivity index (χ4v) is 2.21. The minimum Gasteiger partial charge on any atom is -0.353 e. The van der Waals surface area contributed by atoms with Gasteiger partial charge in [-0.25, -0.2) is 0 Å². The summed E-state index contributed by atoms with van der Waals surface area (Å²) < 4.78 is 11.1. The first-order valence-corrected chi connectivity index (χ1v) is 7.04. The Bertz CT molecular complexity index is 183. The third kappa shape index (κ3) is 5.39. The standard InChI is InChI=1S/C15H32O2/c1-7-8-9-10-11-12-13-14(2,3)15(4,16-5)17-6/h7-13H2,1-6H3. The fourth-order valence-electron chi connectivity index (χ4n) is 2.21. The quantitative estimate of drug-likeness (QED) is 0.407. The summed E-state index contributed by atoms with van der Waals surface area (Å²) in [5.74, 6) is -0.476. The van der Waals surface area contributed by atoms with E-state index in [9.17, 15) is 0 Å². The van der Waals surface area contributed by atoms with E-state index in [2.05, 4.69) is 20.8 Å². The van der Waals surface area contributed by atoms with Crippen molar-refractivity contribution in [3.8, 4) is 0 Å². The lowest BCUT2D eigenvalue weighted by molar-refractivity contribution is -0.257. The SMILES string of the molecule is CCCCCCCCC(C)(C)C(C)(OC)OC. The summed E-state index contributed by atoms with van der Waals surface area (Å²) in [4.78, 5) is 0. The molecule has 0 bridgehead atoms. The first-order valence-electron chi connectivity index (χ1n) is 7.04. The highest BCUT2D eigenvalue weighted by molar-refractivity contribution is 4.83. The van der Waals surface area contributed by atoms with Crippen LogP contribution < -0.4 is 0 Å². The number of hydrogen-bond acceptors (Lipinski definition) is 2. The smallest absolute Gasteiger partial charge is 0.169 e. The van der Waals surface area contributed by atoms with Crippen molar-refractivity contribution in [2.24, 2.45) is 5.41 Å². The van der Waals surface area contributed by atoms with Gasteiger partial charge in [0.05, 0.1) is 0 Å². The van der Waals surface area contributed by atoms with E-state index >= 15 is 0 Å². The second kappa shape index (κ2) is 8.10. The number of ether oxygens (including phenoxy) is 2. The Morgan fingerprint density at radius 3 is 1.71 bits per heavy atom. The van der Waals surface area contributed by atoms with Gasteiger partial charge in [0.1, 0.15) is 0 Å². The van der Waals surface area contributed by atoms with E-state index in [1.807, 2.05) is 6.92 Å². The molecule has 0 aliphatic carbocycles. The molecule has 17 heavy (non-hydrogen) atoms. The topological polar surface area (TPSA) is 18.5 Å². The zero-order valence-corrected chi connectivity index (χ0v) is 12.8. The molecule has 0 radical (unpaired) electrons. The molecule has 0 saturated carbocycles. The molecule has 0 aliphatic heterocycles. The average Bonchev–Trinajstić information content (AvgIpc) is 2.32. The molecule has 0 aromatic carbocycles. The minimum absolute atomic E-state index is 0.0568. The van der Waals surface area contributed by atoms with Crippen LogP contribution in [0.2, 0.25) is 0 Å². The van der Waals surface area contributed by atoms with E-state index in [0.29, 0.717) is 0 Å². The molecule has 0 aromatic rings. The van der Waals surface area contributed by atoms with Crippen LogP contribution in [0.1, 0.15) is 72.6 Å².